The molecule has 0 unspecified atom stereocenters. The quantitative estimate of drug-likeness (QED) is 0.384. The average molecular weight is 228 g/mol. The van der Waals surface area contributed by atoms with E-state index in [0.717, 1.165) is 0 Å². The number of hydrogen-bond acceptors (Lipinski definition) is 6. The predicted molar refractivity (Wildman–Crippen MR) is 49.8 cm³/mol. The molecule has 0 bridgehead atoms. The van der Waals surface area contributed by atoms with Gasteiger partial charge in [0.25, 0.3) is 0 Å². The summed E-state index contributed by atoms with van der Waals surface area (Å²) in [5.41, 5.74) is -1.81. The van der Waals surface area contributed by atoms with Crippen molar-refractivity contribution in [2.24, 2.45) is 5.41 Å². The summed E-state index contributed by atoms with van der Waals surface area (Å²) in [5, 5.41) is 0. The molecule has 0 aliphatic heterocycles. The van der Waals surface area contributed by atoms with Gasteiger partial charge in [-0.15, -0.1) is 0 Å². The molecule has 1 aliphatic carbocycles. The third-order valence-electron chi connectivity index (χ3n) is 2.60. The van der Waals surface area contributed by atoms with Crippen LogP contribution >= 0.6 is 0 Å². The van der Waals surface area contributed by atoms with Crippen molar-refractivity contribution in [1.29, 1.82) is 0 Å². The van der Waals surface area contributed by atoms with Gasteiger partial charge in [-0.25, -0.2) is 19.4 Å². The summed E-state index contributed by atoms with van der Waals surface area (Å²) >= 11 is 0. The normalized spacial score (nSPS) is 18.4. The zero-order valence-electron chi connectivity index (χ0n) is 9.07. The molecular formula is C10H12O6. The highest BCUT2D eigenvalue weighted by molar-refractivity contribution is 6.25. The number of hydrogen-bond donors (Lipinski definition) is 0. The van der Waals surface area contributed by atoms with E-state index < -0.39 is 28.9 Å². The van der Waals surface area contributed by atoms with Crippen LogP contribution in [0.5, 0.6) is 0 Å². The van der Waals surface area contributed by atoms with Gasteiger partial charge in [-0.2, -0.15) is 0 Å². The average Bonchev–Trinajstić information content (AvgIpc) is 2.54. The van der Waals surface area contributed by atoms with Gasteiger partial charge in [0, 0.05) is 19.3 Å². The molecule has 0 aromatic carbocycles. The molecule has 6 heteroatoms. The number of ketones is 2. The third-order valence-corrected chi connectivity index (χ3v) is 2.60. The summed E-state index contributed by atoms with van der Waals surface area (Å²) in [6, 6.07) is 0. The second kappa shape index (κ2) is 4.42. The van der Waals surface area contributed by atoms with Crippen LogP contribution in [0, 0.1) is 5.41 Å². The van der Waals surface area contributed by atoms with Gasteiger partial charge in [0.05, 0.1) is 0 Å². The lowest BCUT2D eigenvalue weighted by molar-refractivity contribution is -0.263. The third kappa shape index (κ3) is 1.95. The molecule has 0 aromatic heterocycles. The lowest BCUT2D eigenvalue weighted by Crippen LogP contribution is -2.39. The van der Waals surface area contributed by atoms with Gasteiger partial charge >= 0.3 is 11.9 Å². The van der Waals surface area contributed by atoms with Crippen LogP contribution in [0.1, 0.15) is 33.1 Å². The first kappa shape index (κ1) is 12.4. The topological polar surface area (TPSA) is 86.7 Å². The first-order valence-corrected chi connectivity index (χ1v) is 4.91. The molecule has 0 atom stereocenters. The first-order valence-electron chi connectivity index (χ1n) is 4.91. The van der Waals surface area contributed by atoms with Crippen LogP contribution in [-0.4, -0.2) is 23.5 Å². The zero-order chi connectivity index (χ0) is 12.3. The molecule has 0 spiro atoms. The fourth-order valence-electron chi connectivity index (χ4n) is 1.34. The highest BCUT2D eigenvalue weighted by atomic mass is 17.2. The minimum Gasteiger partial charge on any atom is -0.298 e. The molecule has 1 saturated carbocycles. The Labute approximate surface area is 91.8 Å². The maximum absolute atomic E-state index is 11.5. The number of Topliss-reactive ketones (excluding diaryl/α,β-unsaturated/α-hetero) is 2. The molecule has 0 radical (unpaired) electrons. The molecule has 0 aromatic rings. The van der Waals surface area contributed by atoms with Crippen LogP contribution in [0.4, 0.5) is 0 Å². The van der Waals surface area contributed by atoms with E-state index in [-0.39, 0.29) is 19.3 Å². The van der Waals surface area contributed by atoms with Crippen molar-refractivity contribution in [3.8, 4) is 0 Å². The first-order chi connectivity index (χ1) is 7.42. The lowest BCUT2D eigenvalue weighted by atomic mass is 9.87. The fraction of sp³-hybridized carbons (Fsp3) is 0.600. The summed E-state index contributed by atoms with van der Waals surface area (Å²) in [5.74, 6) is -2.87. The maximum Gasteiger partial charge on any atom is 0.376 e. The van der Waals surface area contributed by atoms with Gasteiger partial charge in [0.2, 0.25) is 0 Å². The van der Waals surface area contributed by atoms with Crippen molar-refractivity contribution < 1.29 is 29.0 Å². The fourth-order valence-corrected chi connectivity index (χ4v) is 1.34. The number of carbonyl (C=O) groups is 4. The molecule has 1 fully saturated rings. The van der Waals surface area contributed by atoms with E-state index in [2.05, 4.69) is 9.78 Å². The highest BCUT2D eigenvalue weighted by Crippen LogP contribution is 2.32. The van der Waals surface area contributed by atoms with Gasteiger partial charge in [-0.05, 0) is 6.92 Å². The minimum atomic E-state index is -1.81. The maximum atomic E-state index is 11.5. The molecule has 0 saturated heterocycles. The predicted octanol–water partition coefficient (Wildman–Crippen LogP) is 0.336. The van der Waals surface area contributed by atoms with Crippen LogP contribution in [0.15, 0.2) is 0 Å². The number of rotatable bonds is 2. The minimum absolute atomic E-state index is 0.0200. The molecule has 1 aliphatic rings. The van der Waals surface area contributed by atoms with E-state index in [1.165, 1.54) is 13.8 Å². The Bertz CT molecular complexity index is 340. The largest absolute Gasteiger partial charge is 0.376 e. The number of carbonyl (C=O) groups excluding carboxylic acids is 4. The highest BCUT2D eigenvalue weighted by Gasteiger charge is 2.54. The van der Waals surface area contributed by atoms with E-state index >= 15 is 0 Å². The van der Waals surface area contributed by atoms with E-state index in [9.17, 15) is 19.2 Å². The van der Waals surface area contributed by atoms with Crippen molar-refractivity contribution in [1.82, 2.24) is 0 Å². The second-order valence-corrected chi connectivity index (χ2v) is 3.65. The van der Waals surface area contributed by atoms with Crippen LogP contribution in [0.2, 0.25) is 0 Å². The van der Waals surface area contributed by atoms with Crippen LogP contribution in [0.3, 0.4) is 0 Å². The summed E-state index contributed by atoms with van der Waals surface area (Å²) in [6.07, 6.45) is 0.0736. The summed E-state index contributed by atoms with van der Waals surface area (Å²) < 4.78 is 0. The van der Waals surface area contributed by atoms with Gasteiger partial charge in [-0.3, -0.25) is 9.59 Å². The van der Waals surface area contributed by atoms with Crippen molar-refractivity contribution >= 4 is 23.5 Å². The molecule has 1 rings (SSSR count). The van der Waals surface area contributed by atoms with Crippen LogP contribution in [-0.2, 0) is 29.0 Å². The Morgan fingerprint density at radius 2 is 1.69 bits per heavy atom. The smallest absolute Gasteiger partial charge is 0.298 e. The molecule has 0 N–H and O–H groups in total. The summed E-state index contributed by atoms with van der Waals surface area (Å²) in [4.78, 5) is 53.3. The van der Waals surface area contributed by atoms with Crippen LogP contribution in [0.25, 0.3) is 0 Å². The van der Waals surface area contributed by atoms with Crippen molar-refractivity contribution in [2.45, 2.75) is 33.1 Å². The second-order valence-electron chi connectivity index (χ2n) is 3.65. The molecule has 88 valence electrons. The van der Waals surface area contributed by atoms with Crippen LogP contribution < -0.4 is 0 Å². The van der Waals surface area contributed by atoms with Crippen molar-refractivity contribution in [3.05, 3.63) is 0 Å². The molecule has 6 nitrogen and oxygen atoms in total. The van der Waals surface area contributed by atoms with Gasteiger partial charge in [0.15, 0.2) is 17.0 Å². The monoisotopic (exact) mass is 228 g/mol. The molecule has 0 heterocycles. The van der Waals surface area contributed by atoms with E-state index in [4.69, 9.17) is 0 Å². The molecule has 16 heavy (non-hydrogen) atoms. The Hall–Kier alpha value is -1.72. The van der Waals surface area contributed by atoms with E-state index in [0.29, 0.717) is 0 Å². The molecule has 0 amide bonds. The summed E-state index contributed by atoms with van der Waals surface area (Å²) in [6.45, 7) is 2.70. The Balaban J connectivity index is 2.69. The SMILES string of the molecule is CCC(=O)OOC(=O)C1(C)C(=O)CCC1=O. The van der Waals surface area contributed by atoms with Gasteiger partial charge < -0.3 is 0 Å². The Morgan fingerprint density at radius 1 is 1.19 bits per heavy atom. The molecular weight excluding hydrogens is 216 g/mol. The van der Waals surface area contributed by atoms with Gasteiger partial charge in [-0.1, -0.05) is 6.92 Å². The zero-order valence-corrected chi connectivity index (χ0v) is 9.07. The van der Waals surface area contributed by atoms with Crippen molar-refractivity contribution in [3.63, 3.8) is 0 Å². The van der Waals surface area contributed by atoms with E-state index in [1.54, 1.807) is 0 Å². The Kier molecular flexibility index (Phi) is 3.41. The lowest BCUT2D eigenvalue weighted by Gasteiger charge is -2.16. The van der Waals surface area contributed by atoms with Gasteiger partial charge in [0.1, 0.15) is 0 Å². The standard InChI is InChI=1S/C10H12O6/c1-3-8(13)15-16-9(14)10(2)6(11)4-5-7(10)12/h3-5H2,1-2H3. The van der Waals surface area contributed by atoms with Crippen molar-refractivity contribution in [2.75, 3.05) is 0 Å². The van der Waals surface area contributed by atoms with E-state index in [1.807, 2.05) is 0 Å². The summed E-state index contributed by atoms with van der Waals surface area (Å²) in [7, 11) is 0. The Morgan fingerprint density at radius 3 is 2.12 bits per heavy atom.